The molecular weight excluding hydrogens is 340 g/mol. The van der Waals surface area contributed by atoms with Crippen molar-refractivity contribution in [1.82, 2.24) is 5.32 Å². The van der Waals surface area contributed by atoms with Crippen molar-refractivity contribution >= 4 is 35.7 Å². The summed E-state index contributed by atoms with van der Waals surface area (Å²) >= 11 is 0. The van der Waals surface area contributed by atoms with Crippen LogP contribution in [0.15, 0.2) is 18.2 Å². The molecule has 6 nitrogen and oxygen atoms in total. The van der Waals surface area contributed by atoms with Gasteiger partial charge in [-0.05, 0) is 43.9 Å². The van der Waals surface area contributed by atoms with Crippen LogP contribution in [0.25, 0.3) is 0 Å². The Morgan fingerprint density at radius 2 is 1.92 bits per heavy atom. The van der Waals surface area contributed by atoms with Gasteiger partial charge in [0.15, 0.2) is 0 Å². The minimum absolute atomic E-state index is 0. The topological polar surface area (TPSA) is 87.5 Å². The summed E-state index contributed by atoms with van der Waals surface area (Å²) in [5, 5.41) is 5.80. The van der Waals surface area contributed by atoms with Crippen molar-refractivity contribution in [3.8, 4) is 0 Å². The Balaban J connectivity index is 0.00000312. The van der Waals surface area contributed by atoms with Crippen molar-refractivity contribution < 1.29 is 9.59 Å². The van der Waals surface area contributed by atoms with E-state index in [0.717, 1.165) is 17.7 Å². The summed E-state index contributed by atoms with van der Waals surface area (Å²) in [7, 11) is 0. The number of carbonyl (C=O) groups excluding carboxylic acids is 2. The van der Waals surface area contributed by atoms with Crippen molar-refractivity contribution in [2.45, 2.75) is 40.0 Å². The lowest BCUT2D eigenvalue weighted by Gasteiger charge is -2.28. The number of benzene rings is 1. The number of hydrogen-bond donors (Lipinski definition) is 3. The lowest BCUT2D eigenvalue weighted by molar-refractivity contribution is -0.125. The van der Waals surface area contributed by atoms with Gasteiger partial charge in [0.25, 0.3) is 0 Å². The number of halogens is 1. The first-order valence-corrected chi connectivity index (χ1v) is 8.71. The Morgan fingerprint density at radius 1 is 1.24 bits per heavy atom. The minimum atomic E-state index is -0.543. The van der Waals surface area contributed by atoms with Gasteiger partial charge in [-0.2, -0.15) is 0 Å². The highest BCUT2D eigenvalue weighted by atomic mass is 35.5. The van der Waals surface area contributed by atoms with Gasteiger partial charge in [-0.3, -0.25) is 9.69 Å². The number of nitrogens with two attached hydrogens (primary N) is 1. The number of fused-ring (bicyclic) bond motifs is 1. The number of nitrogens with one attached hydrogen (secondary N) is 2. The summed E-state index contributed by atoms with van der Waals surface area (Å²) in [6.07, 6.45) is 2.22. The number of hydrogen-bond acceptors (Lipinski definition) is 3. The zero-order valence-corrected chi connectivity index (χ0v) is 16.0. The second-order valence-electron chi connectivity index (χ2n) is 6.23. The van der Waals surface area contributed by atoms with E-state index >= 15 is 0 Å². The highest BCUT2D eigenvalue weighted by molar-refractivity contribution is 5.98. The molecule has 7 heteroatoms. The van der Waals surface area contributed by atoms with Crippen LogP contribution in [0.4, 0.5) is 16.2 Å². The molecule has 0 atom stereocenters. The van der Waals surface area contributed by atoms with E-state index in [2.05, 4.69) is 10.6 Å². The van der Waals surface area contributed by atoms with Crippen LogP contribution in [0.3, 0.4) is 0 Å². The highest BCUT2D eigenvalue weighted by Gasteiger charge is 2.33. The van der Waals surface area contributed by atoms with Crippen LogP contribution in [0.5, 0.6) is 0 Å². The Kier molecular flexibility index (Phi) is 7.70. The summed E-state index contributed by atoms with van der Waals surface area (Å²) in [6.45, 7) is 7.43. The van der Waals surface area contributed by atoms with Crippen LogP contribution >= 0.6 is 12.4 Å². The molecule has 0 saturated carbocycles. The lowest BCUT2D eigenvalue weighted by atomic mass is 9.81. The van der Waals surface area contributed by atoms with Crippen LogP contribution in [0.1, 0.15) is 39.2 Å². The quantitative estimate of drug-likeness (QED) is 0.721. The summed E-state index contributed by atoms with van der Waals surface area (Å²) < 4.78 is 0. The summed E-state index contributed by atoms with van der Waals surface area (Å²) in [6, 6.07) is 5.65. The van der Waals surface area contributed by atoms with Gasteiger partial charge in [0.2, 0.25) is 5.91 Å². The SMILES string of the molecule is CCNC(=O)N1CCc2ccc(NC(=O)C(CC)(CC)CN)cc21.Cl. The van der Waals surface area contributed by atoms with E-state index in [0.29, 0.717) is 38.2 Å². The third-order valence-corrected chi connectivity index (χ3v) is 5.04. The number of carbonyl (C=O) groups is 2. The van der Waals surface area contributed by atoms with E-state index in [1.165, 1.54) is 0 Å². The van der Waals surface area contributed by atoms with Crippen molar-refractivity contribution in [1.29, 1.82) is 0 Å². The van der Waals surface area contributed by atoms with Gasteiger partial charge in [0, 0.05) is 25.3 Å². The van der Waals surface area contributed by atoms with E-state index < -0.39 is 5.41 Å². The molecule has 1 aromatic rings. The number of anilines is 2. The normalized spacial score (nSPS) is 13.0. The molecule has 4 N–H and O–H groups in total. The van der Waals surface area contributed by atoms with Crippen LogP contribution in [-0.2, 0) is 11.2 Å². The fourth-order valence-electron chi connectivity index (χ4n) is 3.13. The van der Waals surface area contributed by atoms with E-state index in [4.69, 9.17) is 5.73 Å². The number of urea groups is 1. The Bertz CT molecular complexity index is 609. The Labute approximate surface area is 155 Å². The van der Waals surface area contributed by atoms with Crippen LogP contribution in [-0.4, -0.2) is 31.6 Å². The molecule has 2 rings (SSSR count). The highest BCUT2D eigenvalue weighted by Crippen LogP contribution is 2.32. The lowest BCUT2D eigenvalue weighted by Crippen LogP contribution is -2.41. The number of nitrogens with zero attached hydrogens (tertiary/aromatic N) is 1. The molecule has 1 aromatic carbocycles. The van der Waals surface area contributed by atoms with E-state index in [1.54, 1.807) is 4.90 Å². The molecule has 0 saturated heterocycles. The third kappa shape index (κ3) is 4.25. The Hall–Kier alpha value is -1.79. The molecule has 1 aliphatic rings. The maximum absolute atomic E-state index is 12.7. The maximum Gasteiger partial charge on any atom is 0.321 e. The molecule has 0 aliphatic carbocycles. The summed E-state index contributed by atoms with van der Waals surface area (Å²) in [5.74, 6) is -0.0579. The van der Waals surface area contributed by atoms with Crippen LogP contribution in [0, 0.1) is 5.41 Å². The predicted octanol–water partition coefficient (Wildman–Crippen LogP) is 2.90. The van der Waals surface area contributed by atoms with Gasteiger partial charge in [-0.1, -0.05) is 19.9 Å². The van der Waals surface area contributed by atoms with Crippen molar-refractivity contribution in [3.63, 3.8) is 0 Å². The molecule has 1 aliphatic heterocycles. The van der Waals surface area contributed by atoms with Gasteiger partial charge in [0.05, 0.1) is 11.1 Å². The Morgan fingerprint density at radius 3 is 2.48 bits per heavy atom. The van der Waals surface area contributed by atoms with E-state index in [1.807, 2.05) is 39.0 Å². The molecule has 0 radical (unpaired) electrons. The first kappa shape index (κ1) is 21.3. The zero-order chi connectivity index (χ0) is 17.7. The van der Waals surface area contributed by atoms with Crippen molar-refractivity contribution in [2.75, 3.05) is 29.9 Å². The minimum Gasteiger partial charge on any atom is -0.338 e. The molecule has 140 valence electrons. The largest absolute Gasteiger partial charge is 0.338 e. The van der Waals surface area contributed by atoms with E-state index in [9.17, 15) is 9.59 Å². The summed E-state index contributed by atoms with van der Waals surface area (Å²) in [5.41, 5.74) is 7.99. The van der Waals surface area contributed by atoms with Gasteiger partial charge in [-0.15, -0.1) is 12.4 Å². The average Bonchev–Trinajstić information content (AvgIpc) is 3.00. The molecule has 1 heterocycles. The van der Waals surface area contributed by atoms with Crippen LogP contribution in [0.2, 0.25) is 0 Å². The van der Waals surface area contributed by atoms with Crippen molar-refractivity contribution in [2.24, 2.45) is 11.1 Å². The molecule has 0 aromatic heterocycles. The fourth-order valence-corrected chi connectivity index (χ4v) is 3.13. The van der Waals surface area contributed by atoms with E-state index in [-0.39, 0.29) is 24.3 Å². The smallest absolute Gasteiger partial charge is 0.321 e. The molecule has 0 unspecified atom stereocenters. The second kappa shape index (κ2) is 9.06. The van der Waals surface area contributed by atoms with Gasteiger partial charge < -0.3 is 16.4 Å². The second-order valence-corrected chi connectivity index (χ2v) is 6.23. The van der Waals surface area contributed by atoms with Crippen LogP contribution < -0.4 is 21.3 Å². The molecule has 0 fully saturated rings. The molecule has 0 spiro atoms. The number of rotatable bonds is 6. The molecule has 3 amide bonds. The number of amides is 3. The first-order valence-electron chi connectivity index (χ1n) is 8.71. The van der Waals surface area contributed by atoms with Crippen molar-refractivity contribution in [3.05, 3.63) is 23.8 Å². The molecular formula is C18H29ClN4O2. The third-order valence-electron chi connectivity index (χ3n) is 5.04. The molecule has 25 heavy (non-hydrogen) atoms. The van der Waals surface area contributed by atoms with Gasteiger partial charge in [-0.25, -0.2) is 4.79 Å². The maximum atomic E-state index is 12.7. The fraction of sp³-hybridized carbons (Fsp3) is 0.556. The standard InChI is InChI=1S/C18H28N4O2.ClH/c1-4-18(5-2,12-19)16(23)21-14-8-7-13-9-10-22(15(13)11-14)17(24)20-6-3;/h7-8,11H,4-6,9-10,12,19H2,1-3H3,(H,20,24)(H,21,23);1H. The summed E-state index contributed by atoms with van der Waals surface area (Å²) in [4.78, 5) is 26.5. The zero-order valence-electron chi connectivity index (χ0n) is 15.2. The molecule has 0 bridgehead atoms. The monoisotopic (exact) mass is 368 g/mol. The predicted molar refractivity (Wildman–Crippen MR) is 105 cm³/mol. The van der Waals surface area contributed by atoms with Gasteiger partial charge >= 0.3 is 6.03 Å². The first-order chi connectivity index (χ1) is 11.5. The van der Waals surface area contributed by atoms with Gasteiger partial charge in [0.1, 0.15) is 0 Å². The average molecular weight is 369 g/mol.